The summed E-state index contributed by atoms with van der Waals surface area (Å²) in [7, 11) is 0. The summed E-state index contributed by atoms with van der Waals surface area (Å²) >= 11 is 5.86. The molecule has 0 aliphatic carbocycles. The third kappa shape index (κ3) is 5.11. The van der Waals surface area contributed by atoms with E-state index >= 15 is 0 Å². The third-order valence-corrected chi connectivity index (χ3v) is 3.47. The Hall–Kier alpha value is -2.84. The SMILES string of the molecule is CCc1ccc(/C=N\OCC(=O)Nc2cc(Cl)ccc2C#N)cc1. The standard InChI is InChI=1S/C18H16ClN3O2/c1-2-13-3-5-14(6-4-13)11-21-24-12-18(23)22-17-9-16(19)8-7-15(17)10-20/h3-9,11H,2,12H2,1H3,(H,22,23)/b21-11-. The second-order valence-corrected chi connectivity index (χ2v) is 5.39. The van der Waals surface area contributed by atoms with Gasteiger partial charge in [0.2, 0.25) is 0 Å². The molecule has 2 aromatic rings. The Morgan fingerprint density at radius 1 is 1.33 bits per heavy atom. The van der Waals surface area contributed by atoms with Crippen molar-refractivity contribution in [3.8, 4) is 6.07 Å². The van der Waals surface area contributed by atoms with Crippen LogP contribution in [0.5, 0.6) is 0 Å². The van der Waals surface area contributed by atoms with E-state index in [1.807, 2.05) is 30.3 Å². The van der Waals surface area contributed by atoms with Crippen molar-refractivity contribution in [3.05, 3.63) is 64.2 Å². The van der Waals surface area contributed by atoms with Gasteiger partial charge in [-0.1, -0.05) is 47.9 Å². The van der Waals surface area contributed by atoms with Gasteiger partial charge in [-0.05, 0) is 35.7 Å². The van der Waals surface area contributed by atoms with Crippen LogP contribution in [-0.4, -0.2) is 18.7 Å². The maximum absolute atomic E-state index is 11.8. The Morgan fingerprint density at radius 3 is 2.75 bits per heavy atom. The van der Waals surface area contributed by atoms with E-state index in [-0.39, 0.29) is 6.61 Å². The highest BCUT2D eigenvalue weighted by atomic mass is 35.5. The van der Waals surface area contributed by atoms with Gasteiger partial charge in [-0.2, -0.15) is 5.26 Å². The van der Waals surface area contributed by atoms with Crippen molar-refractivity contribution in [1.29, 1.82) is 5.26 Å². The minimum Gasteiger partial charge on any atom is -0.386 e. The highest BCUT2D eigenvalue weighted by Crippen LogP contribution is 2.20. The zero-order chi connectivity index (χ0) is 17.4. The van der Waals surface area contributed by atoms with Crippen molar-refractivity contribution in [1.82, 2.24) is 0 Å². The summed E-state index contributed by atoms with van der Waals surface area (Å²) in [4.78, 5) is 16.8. The predicted octanol–water partition coefficient (Wildman–Crippen LogP) is 3.76. The summed E-state index contributed by atoms with van der Waals surface area (Å²) in [5.74, 6) is -0.424. The fourth-order valence-electron chi connectivity index (χ4n) is 1.94. The Kier molecular flexibility index (Phi) is 6.35. The number of nitrogens with one attached hydrogen (secondary N) is 1. The Labute approximate surface area is 145 Å². The number of carbonyl (C=O) groups excluding carboxylic acids is 1. The fourth-order valence-corrected chi connectivity index (χ4v) is 2.11. The van der Waals surface area contributed by atoms with Crippen molar-refractivity contribution in [2.75, 3.05) is 11.9 Å². The van der Waals surface area contributed by atoms with Crippen LogP contribution in [0.25, 0.3) is 0 Å². The normalized spacial score (nSPS) is 10.4. The van der Waals surface area contributed by atoms with Gasteiger partial charge in [0, 0.05) is 5.02 Å². The van der Waals surface area contributed by atoms with Crippen LogP contribution in [-0.2, 0) is 16.1 Å². The number of nitrogens with zero attached hydrogens (tertiary/aromatic N) is 2. The molecule has 1 N–H and O–H groups in total. The Bertz CT molecular complexity index is 780. The van der Waals surface area contributed by atoms with E-state index in [9.17, 15) is 4.79 Å². The monoisotopic (exact) mass is 341 g/mol. The number of halogens is 1. The summed E-state index contributed by atoms with van der Waals surface area (Å²) in [6.07, 6.45) is 2.51. The fraction of sp³-hybridized carbons (Fsp3) is 0.167. The van der Waals surface area contributed by atoms with Crippen molar-refractivity contribution in [2.24, 2.45) is 5.16 Å². The first-order valence-electron chi connectivity index (χ1n) is 7.36. The Morgan fingerprint density at radius 2 is 2.08 bits per heavy atom. The molecule has 2 aromatic carbocycles. The highest BCUT2D eigenvalue weighted by Gasteiger charge is 2.08. The lowest BCUT2D eigenvalue weighted by Crippen LogP contribution is -2.17. The number of carbonyl (C=O) groups is 1. The van der Waals surface area contributed by atoms with Crippen LogP contribution in [0, 0.1) is 11.3 Å². The van der Waals surface area contributed by atoms with Gasteiger partial charge >= 0.3 is 0 Å². The van der Waals surface area contributed by atoms with Gasteiger partial charge in [-0.25, -0.2) is 0 Å². The van der Waals surface area contributed by atoms with E-state index < -0.39 is 5.91 Å². The summed E-state index contributed by atoms with van der Waals surface area (Å²) < 4.78 is 0. The molecule has 0 aromatic heterocycles. The van der Waals surface area contributed by atoms with E-state index in [0.29, 0.717) is 16.3 Å². The lowest BCUT2D eigenvalue weighted by molar-refractivity contribution is -0.120. The molecule has 2 rings (SSSR count). The van der Waals surface area contributed by atoms with E-state index in [1.54, 1.807) is 6.07 Å². The van der Waals surface area contributed by atoms with Crippen LogP contribution in [0.1, 0.15) is 23.6 Å². The number of aryl methyl sites for hydroxylation is 1. The molecule has 1 amide bonds. The predicted molar refractivity (Wildman–Crippen MR) is 94.2 cm³/mol. The molecule has 0 aliphatic heterocycles. The number of benzene rings is 2. The number of amides is 1. The third-order valence-electron chi connectivity index (χ3n) is 3.24. The van der Waals surface area contributed by atoms with Gasteiger partial charge in [0.05, 0.1) is 17.5 Å². The number of oxime groups is 1. The second kappa shape index (κ2) is 8.70. The molecular formula is C18H16ClN3O2. The molecule has 0 radical (unpaired) electrons. The minimum atomic E-state index is -0.424. The van der Waals surface area contributed by atoms with Crippen molar-refractivity contribution < 1.29 is 9.63 Å². The molecule has 0 fully saturated rings. The first-order chi connectivity index (χ1) is 11.6. The van der Waals surface area contributed by atoms with Crippen molar-refractivity contribution >= 4 is 29.4 Å². The molecule has 0 unspecified atom stereocenters. The van der Waals surface area contributed by atoms with Gasteiger partial charge in [-0.15, -0.1) is 0 Å². The van der Waals surface area contributed by atoms with Gasteiger partial charge in [0.1, 0.15) is 6.07 Å². The summed E-state index contributed by atoms with van der Waals surface area (Å²) in [5.41, 5.74) is 2.79. The van der Waals surface area contributed by atoms with Crippen LogP contribution in [0.15, 0.2) is 47.6 Å². The molecular weight excluding hydrogens is 326 g/mol. The average molecular weight is 342 g/mol. The molecule has 6 heteroatoms. The number of rotatable bonds is 6. The maximum atomic E-state index is 11.8. The van der Waals surface area contributed by atoms with Crippen molar-refractivity contribution in [2.45, 2.75) is 13.3 Å². The zero-order valence-electron chi connectivity index (χ0n) is 13.1. The molecule has 122 valence electrons. The molecule has 0 saturated carbocycles. The van der Waals surface area contributed by atoms with E-state index in [2.05, 4.69) is 17.4 Å². The summed E-state index contributed by atoms with van der Waals surface area (Å²) in [6, 6.07) is 14.5. The summed E-state index contributed by atoms with van der Waals surface area (Å²) in [6.45, 7) is 1.82. The van der Waals surface area contributed by atoms with Crippen LogP contribution >= 0.6 is 11.6 Å². The Balaban J connectivity index is 1.86. The maximum Gasteiger partial charge on any atom is 0.265 e. The first kappa shape index (κ1) is 17.5. The van der Waals surface area contributed by atoms with Gasteiger partial charge in [0.25, 0.3) is 5.91 Å². The van der Waals surface area contributed by atoms with Gasteiger partial charge in [0.15, 0.2) is 6.61 Å². The highest BCUT2D eigenvalue weighted by molar-refractivity contribution is 6.31. The number of hydrogen-bond acceptors (Lipinski definition) is 4. The smallest absolute Gasteiger partial charge is 0.265 e. The molecule has 0 heterocycles. The number of nitriles is 1. The largest absolute Gasteiger partial charge is 0.386 e. The van der Waals surface area contributed by atoms with Crippen LogP contribution in [0.3, 0.4) is 0 Å². The molecule has 0 spiro atoms. The average Bonchev–Trinajstić information content (AvgIpc) is 2.59. The van der Waals surface area contributed by atoms with Crippen LogP contribution in [0.4, 0.5) is 5.69 Å². The molecule has 0 bridgehead atoms. The van der Waals surface area contributed by atoms with Crippen LogP contribution < -0.4 is 5.32 Å². The molecule has 0 saturated heterocycles. The van der Waals surface area contributed by atoms with Gasteiger partial charge < -0.3 is 10.2 Å². The molecule has 5 nitrogen and oxygen atoms in total. The lowest BCUT2D eigenvalue weighted by atomic mass is 10.1. The number of anilines is 1. The van der Waals surface area contributed by atoms with E-state index in [1.165, 1.54) is 23.9 Å². The molecule has 0 aliphatic rings. The topological polar surface area (TPSA) is 74.5 Å². The quantitative estimate of drug-likeness (QED) is 0.642. The summed E-state index contributed by atoms with van der Waals surface area (Å²) in [5, 5.41) is 15.8. The van der Waals surface area contributed by atoms with Crippen LogP contribution in [0.2, 0.25) is 5.02 Å². The molecule has 0 atom stereocenters. The zero-order valence-corrected chi connectivity index (χ0v) is 13.9. The second-order valence-electron chi connectivity index (χ2n) is 4.95. The minimum absolute atomic E-state index is 0.263. The molecule has 24 heavy (non-hydrogen) atoms. The van der Waals surface area contributed by atoms with E-state index in [0.717, 1.165) is 12.0 Å². The lowest BCUT2D eigenvalue weighted by Gasteiger charge is -2.06. The first-order valence-corrected chi connectivity index (χ1v) is 7.74. The number of hydrogen-bond donors (Lipinski definition) is 1. The van der Waals surface area contributed by atoms with Gasteiger partial charge in [-0.3, -0.25) is 4.79 Å². The van der Waals surface area contributed by atoms with E-state index in [4.69, 9.17) is 21.7 Å². The van der Waals surface area contributed by atoms with Crippen molar-refractivity contribution in [3.63, 3.8) is 0 Å².